The van der Waals surface area contributed by atoms with Crippen LogP contribution < -0.4 is 26.8 Å². The Hall–Kier alpha value is -5.21. The van der Waals surface area contributed by atoms with Crippen molar-refractivity contribution in [2.75, 3.05) is 32.6 Å². The van der Waals surface area contributed by atoms with Crippen molar-refractivity contribution in [2.24, 2.45) is 17.4 Å². The Kier molecular flexibility index (Phi) is 16.2. The second kappa shape index (κ2) is 20.0. The highest BCUT2D eigenvalue weighted by Gasteiger charge is 2.27. The number of ether oxygens (including phenoxy) is 1. The van der Waals surface area contributed by atoms with E-state index in [4.69, 9.17) is 21.7 Å². The lowest BCUT2D eigenvalue weighted by molar-refractivity contribution is -0.126. The molecule has 0 unspecified atom stereocenters. The SMILES string of the molecule is C#Cc1cccc(Nc2ncnc3cc(OC)c(/C(=C/C)NC(=C)CCCCCCC(C)=O)cc23)c1.CN1CC(C(N)=O)C1.NC=O. The van der Waals surface area contributed by atoms with Gasteiger partial charge in [0.1, 0.15) is 23.7 Å². The maximum Gasteiger partial charge on any atom is 0.223 e. The molecule has 0 aliphatic carbocycles. The number of nitrogens with zero attached hydrogens (tertiary/aromatic N) is 3. The van der Waals surface area contributed by atoms with Crippen molar-refractivity contribution in [3.8, 4) is 18.1 Å². The molecule has 4 rings (SSSR count). The molecule has 0 atom stereocenters. The van der Waals surface area contributed by atoms with Gasteiger partial charge in [0.15, 0.2) is 0 Å². The van der Waals surface area contributed by atoms with Gasteiger partial charge in [-0.1, -0.05) is 37.5 Å². The van der Waals surface area contributed by atoms with Crippen LogP contribution in [0.4, 0.5) is 11.5 Å². The zero-order valence-corrected chi connectivity index (χ0v) is 27.8. The largest absolute Gasteiger partial charge is 0.496 e. The van der Waals surface area contributed by atoms with Crippen molar-refractivity contribution in [3.05, 3.63) is 72.2 Å². The Balaban J connectivity index is 0.000000593. The first-order chi connectivity index (χ1) is 22.6. The number of terminal acetylenes is 1. The summed E-state index contributed by atoms with van der Waals surface area (Å²) in [5, 5.41) is 7.69. The molecule has 1 aliphatic rings. The number of allylic oxidation sites excluding steroid dienone is 2. The number of methoxy groups -OCH3 is 1. The van der Waals surface area contributed by atoms with Crippen molar-refractivity contribution < 1.29 is 19.1 Å². The summed E-state index contributed by atoms with van der Waals surface area (Å²) in [6.07, 6.45) is 15.0. The number of Topliss-reactive ketones (excluding diaryl/α,β-unsaturated/α-hetero) is 1. The van der Waals surface area contributed by atoms with E-state index in [0.717, 1.165) is 84.3 Å². The molecule has 1 saturated heterocycles. The lowest BCUT2D eigenvalue weighted by atomic mass is 10.0. The predicted octanol–water partition coefficient (Wildman–Crippen LogP) is 4.89. The average molecular weight is 642 g/mol. The highest BCUT2D eigenvalue weighted by Crippen LogP contribution is 2.33. The van der Waals surface area contributed by atoms with E-state index in [1.807, 2.05) is 56.4 Å². The Bertz CT molecular complexity index is 1590. The number of carbonyl (C=O) groups is 3. The average Bonchev–Trinajstić information content (AvgIpc) is 3.04. The number of ketones is 1. The molecule has 11 heteroatoms. The second-order valence-corrected chi connectivity index (χ2v) is 11.1. The van der Waals surface area contributed by atoms with Gasteiger partial charge in [-0.25, -0.2) is 9.97 Å². The highest BCUT2D eigenvalue weighted by molar-refractivity contribution is 5.95. The van der Waals surface area contributed by atoms with Crippen molar-refractivity contribution in [2.45, 2.75) is 52.4 Å². The fraction of sp³-hybridized carbons (Fsp3) is 0.361. The fourth-order valence-electron chi connectivity index (χ4n) is 4.88. The normalized spacial score (nSPS) is 12.6. The molecule has 250 valence electrons. The topological polar surface area (TPSA) is 166 Å². The third-order valence-electron chi connectivity index (χ3n) is 7.36. The second-order valence-electron chi connectivity index (χ2n) is 11.1. The zero-order valence-electron chi connectivity index (χ0n) is 27.8. The third kappa shape index (κ3) is 12.6. The summed E-state index contributed by atoms with van der Waals surface area (Å²) in [6, 6.07) is 11.6. The number of fused-ring (bicyclic) bond motifs is 1. The number of anilines is 2. The predicted molar refractivity (Wildman–Crippen MR) is 188 cm³/mol. The van der Waals surface area contributed by atoms with Gasteiger partial charge in [-0.3, -0.25) is 9.59 Å². The Morgan fingerprint density at radius 1 is 1.15 bits per heavy atom. The molecule has 6 N–H and O–H groups in total. The van der Waals surface area contributed by atoms with Crippen LogP contribution >= 0.6 is 0 Å². The smallest absolute Gasteiger partial charge is 0.223 e. The summed E-state index contributed by atoms with van der Waals surface area (Å²) in [5.41, 5.74) is 14.3. The summed E-state index contributed by atoms with van der Waals surface area (Å²) in [7, 11) is 3.62. The Morgan fingerprint density at radius 3 is 2.38 bits per heavy atom. The number of nitrogens with two attached hydrogens (primary N) is 2. The fourth-order valence-corrected chi connectivity index (χ4v) is 4.88. The van der Waals surface area contributed by atoms with Crippen LogP contribution in [-0.4, -0.2) is 60.2 Å². The molecular weight excluding hydrogens is 594 g/mol. The van der Waals surface area contributed by atoms with Crippen LogP contribution in [0.3, 0.4) is 0 Å². The standard InChI is InChI=1S/C30H34N4O2.C5H10N2O.CH3NO/c1-6-23-15-12-16-24(17-23)34-30-26-18-25(29(36-5)19-28(26)31-20-32-30)27(7-2)33-21(3)13-10-8-9-11-14-22(4)35;1-7-2-4(3-7)5(6)8;2-1-3/h1,7,12,15-20,33H,3,8-11,13-14H2,2,4-5H3,(H,31,32,34);4H,2-3H2,1H3,(H2,6,8);1H,(H2,2,3)/b27-7-;;. The van der Waals surface area contributed by atoms with E-state index >= 15 is 0 Å². The molecule has 0 bridgehead atoms. The molecule has 2 aromatic carbocycles. The molecule has 2 amide bonds. The van der Waals surface area contributed by atoms with Gasteiger partial charge in [-0.2, -0.15) is 0 Å². The molecule has 1 fully saturated rings. The lowest BCUT2D eigenvalue weighted by Gasteiger charge is -2.33. The number of amides is 2. The van der Waals surface area contributed by atoms with Gasteiger partial charge in [0.25, 0.3) is 0 Å². The summed E-state index contributed by atoms with van der Waals surface area (Å²) >= 11 is 0. The quantitative estimate of drug-likeness (QED) is 0.109. The van der Waals surface area contributed by atoms with Gasteiger partial charge in [-0.05, 0) is 64.4 Å². The molecule has 0 saturated carbocycles. The number of unbranched alkanes of at least 4 members (excludes halogenated alkanes) is 3. The van der Waals surface area contributed by atoms with Gasteiger partial charge < -0.3 is 36.5 Å². The molecule has 0 radical (unpaired) electrons. The van der Waals surface area contributed by atoms with Crippen molar-refractivity contribution >= 4 is 46.2 Å². The minimum atomic E-state index is -0.164. The maximum absolute atomic E-state index is 11.1. The van der Waals surface area contributed by atoms with Crippen LogP contribution in [0.2, 0.25) is 0 Å². The van der Waals surface area contributed by atoms with Crippen LogP contribution in [0.1, 0.15) is 63.5 Å². The zero-order chi connectivity index (χ0) is 34.8. The summed E-state index contributed by atoms with van der Waals surface area (Å²) < 4.78 is 5.71. The maximum atomic E-state index is 11.1. The van der Waals surface area contributed by atoms with Gasteiger partial charge in [-0.15, -0.1) is 6.42 Å². The Morgan fingerprint density at radius 2 is 1.83 bits per heavy atom. The van der Waals surface area contributed by atoms with Crippen LogP contribution in [-0.2, 0) is 14.4 Å². The molecule has 1 aromatic heterocycles. The minimum absolute atomic E-state index is 0.125. The van der Waals surface area contributed by atoms with Gasteiger partial charge in [0.05, 0.1) is 18.5 Å². The molecule has 0 spiro atoms. The van der Waals surface area contributed by atoms with Crippen LogP contribution in [0.25, 0.3) is 16.6 Å². The molecule has 11 nitrogen and oxygen atoms in total. The van der Waals surface area contributed by atoms with Gasteiger partial charge in [0, 0.05) is 59.2 Å². The number of carbonyl (C=O) groups excluding carboxylic acids is 3. The third-order valence-corrected chi connectivity index (χ3v) is 7.36. The van der Waals surface area contributed by atoms with Crippen LogP contribution in [0.5, 0.6) is 5.75 Å². The van der Waals surface area contributed by atoms with Crippen molar-refractivity contribution in [1.82, 2.24) is 20.2 Å². The Labute approximate surface area is 277 Å². The number of rotatable bonds is 14. The molecule has 3 aromatic rings. The highest BCUT2D eigenvalue weighted by atomic mass is 16.5. The molecular formula is C36H47N7O4. The number of primary amides is 2. The van der Waals surface area contributed by atoms with Gasteiger partial charge in [0.2, 0.25) is 12.3 Å². The number of hydrogen-bond acceptors (Lipinski definition) is 9. The van der Waals surface area contributed by atoms with E-state index in [9.17, 15) is 9.59 Å². The first-order valence-electron chi connectivity index (χ1n) is 15.5. The van der Waals surface area contributed by atoms with E-state index in [1.165, 1.54) is 6.33 Å². The summed E-state index contributed by atoms with van der Waals surface area (Å²) in [4.78, 5) is 41.0. The number of benzene rings is 2. The number of aromatic nitrogens is 2. The number of likely N-dealkylation sites (tertiary alicyclic amines) is 1. The number of nitrogens with one attached hydrogen (secondary N) is 2. The first kappa shape index (κ1) is 38.0. The van der Waals surface area contributed by atoms with E-state index in [-0.39, 0.29) is 24.0 Å². The van der Waals surface area contributed by atoms with E-state index in [1.54, 1.807) is 14.0 Å². The monoisotopic (exact) mass is 641 g/mol. The van der Waals surface area contributed by atoms with Crippen LogP contribution in [0, 0.1) is 18.3 Å². The summed E-state index contributed by atoms with van der Waals surface area (Å²) in [6.45, 7) is 9.53. The van der Waals surface area contributed by atoms with E-state index in [2.05, 4.69) is 43.7 Å². The van der Waals surface area contributed by atoms with Crippen molar-refractivity contribution in [1.29, 1.82) is 0 Å². The molecule has 2 heterocycles. The minimum Gasteiger partial charge on any atom is -0.496 e. The van der Waals surface area contributed by atoms with Gasteiger partial charge >= 0.3 is 0 Å². The molecule has 47 heavy (non-hydrogen) atoms. The van der Waals surface area contributed by atoms with E-state index in [0.29, 0.717) is 18.0 Å². The summed E-state index contributed by atoms with van der Waals surface area (Å²) in [5.74, 6) is 4.26. The lowest BCUT2D eigenvalue weighted by Crippen LogP contribution is -2.50. The van der Waals surface area contributed by atoms with Crippen molar-refractivity contribution in [3.63, 3.8) is 0 Å². The first-order valence-corrected chi connectivity index (χ1v) is 15.5. The number of hydrogen-bond donors (Lipinski definition) is 4. The van der Waals surface area contributed by atoms with Crippen LogP contribution in [0.15, 0.2) is 61.1 Å². The van der Waals surface area contributed by atoms with E-state index < -0.39 is 0 Å². The molecule has 1 aliphatic heterocycles.